The van der Waals surface area contributed by atoms with Crippen molar-refractivity contribution in [2.45, 2.75) is 18.9 Å². The van der Waals surface area contributed by atoms with Gasteiger partial charge in [-0.05, 0) is 35.4 Å². The van der Waals surface area contributed by atoms with Crippen molar-refractivity contribution >= 4 is 0 Å². The number of hydrogen-bond acceptors (Lipinski definition) is 4. The number of quaternary nitrogens is 1. The summed E-state index contributed by atoms with van der Waals surface area (Å²) in [6, 6.07) is 10.7. The smallest absolute Gasteiger partial charge is 0.161 e. The molecule has 5 heteroatoms. The molecule has 2 aromatic carbocycles. The third-order valence-corrected chi connectivity index (χ3v) is 4.81. The summed E-state index contributed by atoms with van der Waals surface area (Å²) in [6.45, 7) is 1.07. The Morgan fingerprint density at radius 3 is 2.16 bits per heavy atom. The molecule has 25 heavy (non-hydrogen) atoms. The quantitative estimate of drug-likeness (QED) is 0.872. The van der Waals surface area contributed by atoms with Gasteiger partial charge in [-0.25, -0.2) is 0 Å². The molecule has 5 nitrogen and oxygen atoms in total. The van der Waals surface area contributed by atoms with Crippen molar-refractivity contribution in [3.63, 3.8) is 0 Å². The summed E-state index contributed by atoms with van der Waals surface area (Å²) in [7, 11) is 6.68. The molecule has 0 unspecified atom stereocenters. The molecule has 0 aliphatic carbocycles. The van der Waals surface area contributed by atoms with Gasteiger partial charge in [0, 0.05) is 18.4 Å². The summed E-state index contributed by atoms with van der Waals surface area (Å²) in [5.41, 5.74) is 3.88. The standard InChI is InChI=1S/C20H25NO4/c1-22-17-6-5-13(10-18(17)23-2)9-16-15-12-20(25-4)19(24-3)11-14(15)7-8-21-16/h5-6,10-12,16,21H,7-9H2,1-4H3/p+1/t16-/m0/s1. The van der Waals surface area contributed by atoms with Crippen LogP contribution in [-0.4, -0.2) is 35.0 Å². The number of ether oxygens (including phenoxy) is 4. The van der Waals surface area contributed by atoms with Crippen LogP contribution in [0, 0.1) is 0 Å². The minimum atomic E-state index is 0.349. The molecule has 0 saturated heterocycles. The molecule has 1 atom stereocenters. The van der Waals surface area contributed by atoms with E-state index in [1.807, 2.05) is 6.07 Å². The van der Waals surface area contributed by atoms with Crippen LogP contribution < -0.4 is 24.3 Å². The summed E-state index contributed by atoms with van der Waals surface area (Å²) in [5, 5.41) is 2.39. The van der Waals surface area contributed by atoms with E-state index in [2.05, 4.69) is 29.6 Å². The summed E-state index contributed by atoms with van der Waals surface area (Å²) >= 11 is 0. The molecule has 2 aromatic rings. The third-order valence-electron chi connectivity index (χ3n) is 4.81. The fourth-order valence-corrected chi connectivity index (χ4v) is 3.52. The number of rotatable bonds is 6. The Morgan fingerprint density at radius 2 is 1.48 bits per heavy atom. The average Bonchev–Trinajstić information content (AvgIpc) is 2.66. The molecule has 134 valence electrons. The van der Waals surface area contributed by atoms with Gasteiger partial charge in [0.25, 0.3) is 0 Å². The molecule has 1 aliphatic rings. The zero-order valence-electron chi connectivity index (χ0n) is 15.3. The first-order chi connectivity index (χ1) is 12.2. The van der Waals surface area contributed by atoms with E-state index < -0.39 is 0 Å². The summed E-state index contributed by atoms with van der Waals surface area (Å²) in [6.07, 6.45) is 1.96. The number of hydrogen-bond donors (Lipinski definition) is 1. The zero-order chi connectivity index (χ0) is 17.8. The molecule has 0 amide bonds. The largest absolute Gasteiger partial charge is 0.493 e. The lowest BCUT2D eigenvalue weighted by atomic mass is 9.89. The molecule has 1 heterocycles. The van der Waals surface area contributed by atoms with Crippen LogP contribution in [-0.2, 0) is 12.8 Å². The summed E-state index contributed by atoms with van der Waals surface area (Å²) in [4.78, 5) is 0. The Kier molecular flexibility index (Phi) is 5.34. The first-order valence-corrected chi connectivity index (χ1v) is 8.49. The second-order valence-electron chi connectivity index (χ2n) is 6.18. The number of fused-ring (bicyclic) bond motifs is 1. The van der Waals surface area contributed by atoms with E-state index in [4.69, 9.17) is 18.9 Å². The van der Waals surface area contributed by atoms with Crippen molar-refractivity contribution in [1.82, 2.24) is 0 Å². The lowest BCUT2D eigenvalue weighted by molar-refractivity contribution is -0.698. The van der Waals surface area contributed by atoms with Crippen LogP contribution in [0.5, 0.6) is 23.0 Å². The van der Waals surface area contributed by atoms with Gasteiger partial charge in [-0.1, -0.05) is 6.07 Å². The highest BCUT2D eigenvalue weighted by Gasteiger charge is 2.26. The van der Waals surface area contributed by atoms with Crippen LogP contribution in [0.3, 0.4) is 0 Å². The van der Waals surface area contributed by atoms with Gasteiger partial charge in [-0.3, -0.25) is 0 Å². The van der Waals surface area contributed by atoms with Gasteiger partial charge >= 0.3 is 0 Å². The summed E-state index contributed by atoms with van der Waals surface area (Å²) < 4.78 is 21.7. The predicted molar refractivity (Wildman–Crippen MR) is 96.0 cm³/mol. The number of methoxy groups -OCH3 is 4. The monoisotopic (exact) mass is 344 g/mol. The minimum absolute atomic E-state index is 0.349. The first-order valence-electron chi connectivity index (χ1n) is 8.49. The van der Waals surface area contributed by atoms with Gasteiger partial charge in [0.2, 0.25) is 0 Å². The van der Waals surface area contributed by atoms with Crippen molar-refractivity contribution in [2.24, 2.45) is 0 Å². The fourth-order valence-electron chi connectivity index (χ4n) is 3.52. The van der Waals surface area contributed by atoms with Gasteiger partial charge in [-0.2, -0.15) is 0 Å². The predicted octanol–water partition coefficient (Wildman–Crippen LogP) is 2.12. The van der Waals surface area contributed by atoms with Gasteiger partial charge in [0.1, 0.15) is 6.04 Å². The van der Waals surface area contributed by atoms with Crippen LogP contribution >= 0.6 is 0 Å². The summed E-state index contributed by atoms with van der Waals surface area (Å²) in [5.74, 6) is 3.11. The Labute approximate surface area is 148 Å². The average molecular weight is 344 g/mol. The highest BCUT2D eigenvalue weighted by Crippen LogP contribution is 2.35. The Morgan fingerprint density at radius 1 is 0.840 bits per heavy atom. The van der Waals surface area contributed by atoms with Gasteiger partial charge < -0.3 is 24.3 Å². The van der Waals surface area contributed by atoms with Crippen molar-refractivity contribution in [1.29, 1.82) is 0 Å². The molecule has 0 spiro atoms. The van der Waals surface area contributed by atoms with Crippen LogP contribution in [0.4, 0.5) is 0 Å². The molecule has 3 rings (SSSR count). The Balaban J connectivity index is 1.90. The highest BCUT2D eigenvalue weighted by molar-refractivity contribution is 5.49. The number of benzene rings is 2. The Hall–Kier alpha value is -2.40. The fraction of sp³-hybridized carbons (Fsp3) is 0.400. The van der Waals surface area contributed by atoms with Crippen molar-refractivity contribution in [3.05, 3.63) is 47.0 Å². The molecule has 0 saturated carbocycles. The van der Waals surface area contributed by atoms with Crippen LogP contribution in [0.1, 0.15) is 22.7 Å². The van der Waals surface area contributed by atoms with E-state index in [0.717, 1.165) is 42.4 Å². The second kappa shape index (κ2) is 7.66. The maximum atomic E-state index is 5.49. The van der Waals surface area contributed by atoms with E-state index in [9.17, 15) is 0 Å². The second-order valence-corrected chi connectivity index (χ2v) is 6.18. The Bertz CT molecular complexity index is 745. The number of nitrogens with two attached hydrogens (primary N) is 1. The van der Waals surface area contributed by atoms with Crippen molar-refractivity contribution < 1.29 is 24.3 Å². The lowest BCUT2D eigenvalue weighted by Crippen LogP contribution is -2.87. The SMILES string of the molecule is COc1ccc(C[C@@H]2[NH2+]CCc3cc(OC)c(OC)cc32)cc1OC. The molecule has 0 aromatic heterocycles. The molecular formula is C20H26NO4+. The molecule has 0 fully saturated rings. The van der Waals surface area contributed by atoms with E-state index in [0.29, 0.717) is 6.04 Å². The molecule has 0 bridgehead atoms. The minimum Gasteiger partial charge on any atom is -0.493 e. The maximum Gasteiger partial charge on any atom is 0.161 e. The van der Waals surface area contributed by atoms with Gasteiger partial charge in [0.05, 0.1) is 35.0 Å². The maximum absolute atomic E-state index is 5.49. The zero-order valence-corrected chi connectivity index (χ0v) is 15.3. The van der Waals surface area contributed by atoms with Gasteiger partial charge in [0.15, 0.2) is 23.0 Å². The van der Waals surface area contributed by atoms with E-state index >= 15 is 0 Å². The first kappa shape index (κ1) is 17.4. The van der Waals surface area contributed by atoms with E-state index in [1.165, 1.54) is 16.7 Å². The highest BCUT2D eigenvalue weighted by atomic mass is 16.5. The van der Waals surface area contributed by atoms with Gasteiger partial charge in [-0.15, -0.1) is 0 Å². The molecule has 0 radical (unpaired) electrons. The third kappa shape index (κ3) is 3.51. The van der Waals surface area contributed by atoms with Crippen LogP contribution in [0.15, 0.2) is 30.3 Å². The van der Waals surface area contributed by atoms with E-state index in [-0.39, 0.29) is 0 Å². The normalized spacial score (nSPS) is 16.1. The topological polar surface area (TPSA) is 53.5 Å². The molecular weight excluding hydrogens is 318 g/mol. The van der Waals surface area contributed by atoms with E-state index in [1.54, 1.807) is 28.4 Å². The van der Waals surface area contributed by atoms with Crippen molar-refractivity contribution in [3.8, 4) is 23.0 Å². The van der Waals surface area contributed by atoms with Crippen molar-refractivity contribution in [2.75, 3.05) is 35.0 Å². The molecule has 2 N–H and O–H groups in total. The lowest BCUT2D eigenvalue weighted by Gasteiger charge is -2.25. The molecule has 1 aliphatic heterocycles. The van der Waals surface area contributed by atoms with Crippen LogP contribution in [0.2, 0.25) is 0 Å². The van der Waals surface area contributed by atoms with Crippen LogP contribution in [0.25, 0.3) is 0 Å².